The Bertz CT molecular complexity index is 1180. The summed E-state index contributed by atoms with van der Waals surface area (Å²) in [4.78, 5) is 0. The van der Waals surface area contributed by atoms with Crippen LogP contribution in [0.25, 0.3) is 10.8 Å². The highest BCUT2D eigenvalue weighted by atomic mass is 28.3. The predicted molar refractivity (Wildman–Crippen MR) is 132 cm³/mol. The van der Waals surface area contributed by atoms with Crippen LogP contribution in [-0.2, 0) is 0 Å². The van der Waals surface area contributed by atoms with E-state index in [1.807, 2.05) is 0 Å². The maximum atomic E-state index is 2.42. The van der Waals surface area contributed by atoms with Gasteiger partial charge in [0.1, 0.15) is 0 Å². The molecule has 0 aliphatic carbocycles. The molecule has 0 aliphatic rings. The van der Waals surface area contributed by atoms with Gasteiger partial charge in [-0.2, -0.15) is 0 Å². The SMILES string of the molecule is Cc1ccc2cc([Si](c3ccccc3)(c3ccccc3)c3ccccc3)ccc2c1. The van der Waals surface area contributed by atoms with E-state index < -0.39 is 8.07 Å². The van der Waals surface area contributed by atoms with Crippen molar-refractivity contribution in [1.29, 1.82) is 0 Å². The molecule has 144 valence electrons. The first-order chi connectivity index (χ1) is 14.8. The normalized spacial score (nSPS) is 11.5. The second-order valence-corrected chi connectivity index (χ2v) is 11.7. The molecule has 30 heavy (non-hydrogen) atoms. The molecule has 1 heteroatoms. The molecule has 0 bridgehead atoms. The van der Waals surface area contributed by atoms with Crippen LogP contribution >= 0.6 is 0 Å². The minimum absolute atomic E-state index is 1.30. The van der Waals surface area contributed by atoms with Gasteiger partial charge >= 0.3 is 0 Å². The number of hydrogen-bond donors (Lipinski definition) is 0. The van der Waals surface area contributed by atoms with Gasteiger partial charge in [-0.3, -0.25) is 0 Å². The lowest BCUT2D eigenvalue weighted by molar-refractivity contribution is 1.51. The first-order valence-corrected chi connectivity index (χ1v) is 12.5. The van der Waals surface area contributed by atoms with Crippen LogP contribution in [0.15, 0.2) is 127 Å². The highest BCUT2D eigenvalue weighted by Gasteiger charge is 2.41. The molecule has 0 heterocycles. The summed E-state index contributed by atoms with van der Waals surface area (Å²) in [5.41, 5.74) is 1.30. The average Bonchev–Trinajstić information content (AvgIpc) is 2.82. The van der Waals surface area contributed by atoms with Gasteiger partial charge in [0.05, 0.1) is 0 Å². The molecule has 0 radical (unpaired) electrons. The maximum absolute atomic E-state index is 2.43. The summed E-state index contributed by atoms with van der Waals surface area (Å²) >= 11 is 0. The van der Waals surface area contributed by atoms with Crippen molar-refractivity contribution in [2.24, 2.45) is 0 Å². The minimum atomic E-state index is -2.43. The van der Waals surface area contributed by atoms with Crippen molar-refractivity contribution in [1.82, 2.24) is 0 Å². The Kier molecular flexibility index (Phi) is 4.82. The molecule has 0 amide bonds. The van der Waals surface area contributed by atoms with E-state index in [0.29, 0.717) is 0 Å². The molecular formula is C29H24Si. The van der Waals surface area contributed by atoms with Gasteiger partial charge in [0, 0.05) is 0 Å². The van der Waals surface area contributed by atoms with Crippen LogP contribution in [0.2, 0.25) is 0 Å². The minimum Gasteiger partial charge on any atom is -0.0623 e. The highest BCUT2D eigenvalue weighted by Crippen LogP contribution is 2.17. The third-order valence-corrected chi connectivity index (χ3v) is 10.8. The van der Waals surface area contributed by atoms with E-state index in [1.54, 1.807) is 0 Å². The smallest absolute Gasteiger partial charge is 0.0623 e. The molecular weight excluding hydrogens is 376 g/mol. The molecule has 0 fully saturated rings. The third-order valence-electron chi connectivity index (χ3n) is 6.05. The van der Waals surface area contributed by atoms with Crippen molar-refractivity contribution in [2.45, 2.75) is 6.92 Å². The second kappa shape index (κ2) is 7.77. The van der Waals surface area contributed by atoms with Crippen LogP contribution in [0, 0.1) is 6.92 Å². The van der Waals surface area contributed by atoms with Crippen LogP contribution in [-0.4, -0.2) is 8.07 Å². The number of aryl methyl sites for hydroxylation is 1. The molecule has 5 rings (SSSR count). The van der Waals surface area contributed by atoms with Crippen LogP contribution in [0.1, 0.15) is 5.56 Å². The van der Waals surface area contributed by atoms with Crippen LogP contribution in [0.4, 0.5) is 0 Å². The third kappa shape index (κ3) is 3.08. The summed E-state index contributed by atoms with van der Waals surface area (Å²) < 4.78 is 0. The molecule has 0 aliphatic heterocycles. The Morgan fingerprint density at radius 3 is 1.33 bits per heavy atom. The standard InChI is InChI=1S/C29H24Si/c1-23-17-18-25-22-29(20-19-24(25)21-23)30(26-11-5-2-6-12-26,27-13-7-3-8-14-27)28-15-9-4-10-16-28/h2-22H,1H3. The van der Waals surface area contributed by atoms with E-state index in [0.717, 1.165) is 0 Å². The zero-order valence-electron chi connectivity index (χ0n) is 17.1. The molecule has 0 aromatic heterocycles. The lowest BCUT2D eigenvalue weighted by atomic mass is 10.1. The van der Waals surface area contributed by atoms with Crippen LogP contribution in [0.5, 0.6) is 0 Å². The Balaban J connectivity index is 1.90. The summed E-state index contributed by atoms with van der Waals surface area (Å²) in [5, 5.41) is 8.26. The molecule has 0 atom stereocenters. The predicted octanol–water partition coefficient (Wildman–Crippen LogP) is 4.53. The first-order valence-electron chi connectivity index (χ1n) is 10.5. The van der Waals surface area contributed by atoms with E-state index >= 15 is 0 Å². The Morgan fingerprint density at radius 1 is 0.400 bits per heavy atom. The van der Waals surface area contributed by atoms with Gasteiger partial charge in [0.15, 0.2) is 8.07 Å². The highest BCUT2D eigenvalue weighted by molar-refractivity contribution is 7.19. The fraction of sp³-hybridized carbons (Fsp3) is 0.0345. The largest absolute Gasteiger partial charge is 0.179 e. The quantitative estimate of drug-likeness (QED) is 0.307. The van der Waals surface area contributed by atoms with Crippen molar-refractivity contribution in [3.8, 4) is 0 Å². The van der Waals surface area contributed by atoms with Crippen LogP contribution in [0.3, 0.4) is 0 Å². The van der Waals surface area contributed by atoms with Crippen molar-refractivity contribution in [3.05, 3.63) is 133 Å². The average molecular weight is 401 g/mol. The van der Waals surface area contributed by atoms with Crippen molar-refractivity contribution < 1.29 is 0 Å². The molecule has 0 saturated carbocycles. The summed E-state index contributed by atoms with van der Waals surface area (Å²) in [6.07, 6.45) is 0. The van der Waals surface area contributed by atoms with Crippen molar-refractivity contribution in [2.75, 3.05) is 0 Å². The summed E-state index contributed by atoms with van der Waals surface area (Å²) in [7, 11) is -2.43. The van der Waals surface area contributed by atoms with E-state index in [4.69, 9.17) is 0 Å². The van der Waals surface area contributed by atoms with E-state index in [1.165, 1.54) is 37.1 Å². The fourth-order valence-corrected chi connectivity index (χ4v) is 9.45. The summed E-state index contributed by atoms with van der Waals surface area (Å²) in [6.45, 7) is 2.16. The van der Waals surface area contributed by atoms with Gasteiger partial charge in [-0.05, 0) is 38.4 Å². The zero-order valence-corrected chi connectivity index (χ0v) is 18.1. The van der Waals surface area contributed by atoms with E-state index in [2.05, 4.69) is 134 Å². The molecule has 0 spiro atoms. The molecule has 0 saturated heterocycles. The summed E-state index contributed by atoms with van der Waals surface area (Å²) in [5.74, 6) is 0. The molecule has 0 N–H and O–H groups in total. The number of fused-ring (bicyclic) bond motifs is 1. The molecule has 5 aromatic rings. The van der Waals surface area contributed by atoms with Crippen molar-refractivity contribution >= 4 is 39.6 Å². The Morgan fingerprint density at radius 2 is 0.833 bits per heavy atom. The van der Waals surface area contributed by atoms with Gasteiger partial charge in [-0.15, -0.1) is 0 Å². The molecule has 0 nitrogen and oxygen atoms in total. The fourth-order valence-electron chi connectivity index (χ4n) is 4.66. The van der Waals surface area contributed by atoms with Gasteiger partial charge in [0.2, 0.25) is 0 Å². The Hall–Kier alpha value is -3.42. The first kappa shape index (κ1) is 18.6. The topological polar surface area (TPSA) is 0 Å². The number of rotatable bonds is 4. The summed E-state index contributed by atoms with van der Waals surface area (Å²) in [6, 6.07) is 47.1. The van der Waals surface area contributed by atoms with Crippen molar-refractivity contribution in [3.63, 3.8) is 0 Å². The van der Waals surface area contributed by atoms with Gasteiger partial charge in [0.25, 0.3) is 0 Å². The zero-order chi connectivity index (χ0) is 20.4. The second-order valence-electron chi connectivity index (χ2n) is 7.91. The molecule has 0 unspecified atom stereocenters. The molecule has 5 aromatic carbocycles. The lowest BCUT2D eigenvalue weighted by Gasteiger charge is -2.34. The number of benzene rings is 5. The number of hydrogen-bond acceptors (Lipinski definition) is 0. The van der Waals surface area contributed by atoms with Gasteiger partial charge < -0.3 is 0 Å². The van der Waals surface area contributed by atoms with Gasteiger partial charge in [-0.25, -0.2) is 0 Å². The Labute approximate surface area is 179 Å². The monoisotopic (exact) mass is 400 g/mol. The van der Waals surface area contributed by atoms with Gasteiger partial charge in [-0.1, -0.05) is 133 Å². The van der Waals surface area contributed by atoms with Crippen LogP contribution < -0.4 is 20.7 Å². The van der Waals surface area contributed by atoms with E-state index in [9.17, 15) is 0 Å². The maximum Gasteiger partial charge on any atom is 0.179 e. The van der Waals surface area contributed by atoms with E-state index in [-0.39, 0.29) is 0 Å². The lowest BCUT2D eigenvalue weighted by Crippen LogP contribution is -2.74.